The molecule has 6 rings (SSSR count). The summed E-state index contributed by atoms with van der Waals surface area (Å²) >= 11 is 0. The predicted octanol–water partition coefficient (Wildman–Crippen LogP) is 9.32. The highest BCUT2D eigenvalue weighted by Crippen LogP contribution is 2.57. The summed E-state index contributed by atoms with van der Waals surface area (Å²) < 4.78 is 14.0. The van der Waals surface area contributed by atoms with E-state index in [9.17, 15) is 0 Å². The van der Waals surface area contributed by atoms with Gasteiger partial charge in [-0.1, -0.05) is 100 Å². The monoisotopic (exact) mass is 542 g/mol. The number of aliphatic imine (C=N–C) groups is 2. The van der Waals surface area contributed by atoms with Gasteiger partial charge in [0.25, 0.3) is 5.79 Å². The fourth-order valence-electron chi connectivity index (χ4n) is 6.42. The second-order valence-electron chi connectivity index (χ2n) is 12.9. The van der Waals surface area contributed by atoms with Crippen LogP contribution < -0.4 is 9.47 Å². The Hall–Kier alpha value is -4.18. The van der Waals surface area contributed by atoms with Gasteiger partial charge in [-0.25, -0.2) is 0 Å². The van der Waals surface area contributed by atoms with E-state index in [2.05, 4.69) is 90.1 Å². The molecule has 0 aromatic heterocycles. The quantitative estimate of drug-likeness (QED) is 0.241. The number of benzene rings is 4. The zero-order valence-electron chi connectivity index (χ0n) is 24.9. The summed E-state index contributed by atoms with van der Waals surface area (Å²) in [7, 11) is 0. The second kappa shape index (κ2) is 10.0. The first kappa shape index (κ1) is 27.0. The molecule has 208 valence electrons. The Kier molecular flexibility index (Phi) is 6.60. The molecule has 1 spiro atoms. The number of fused-ring (bicyclic) bond motifs is 2. The average Bonchev–Trinajstić information content (AvgIpc) is 2.92. The minimum absolute atomic E-state index is 0.192. The zero-order valence-corrected chi connectivity index (χ0v) is 24.9. The standard InChI is InChI=1S/C37H38N2O2/c1-25-17-29-33(31(19-25)38-21-27-13-9-7-10-14-27)40-37(23-35(29,3)4)24-36(5,6)30-18-26(2)20-32(34(30)41-37)39-22-28-15-11-8-12-16-28/h7-22H,23-24H2,1-6H3. The lowest BCUT2D eigenvalue weighted by molar-refractivity contribution is -0.165. The SMILES string of the molecule is Cc1cc(N=Cc2ccccc2)c2c(c1)C(C)(C)CC1(CC(C)(C)c3cc(C)cc(N=Cc4ccccc4)c3O1)O2. The second-order valence-corrected chi connectivity index (χ2v) is 12.9. The first-order valence-corrected chi connectivity index (χ1v) is 14.4. The molecule has 41 heavy (non-hydrogen) atoms. The van der Waals surface area contributed by atoms with Crippen molar-refractivity contribution < 1.29 is 9.47 Å². The molecule has 0 fully saturated rings. The van der Waals surface area contributed by atoms with Crippen LogP contribution in [0.4, 0.5) is 11.4 Å². The first-order valence-electron chi connectivity index (χ1n) is 14.4. The van der Waals surface area contributed by atoms with Crippen LogP contribution in [0.5, 0.6) is 11.5 Å². The number of hydrogen-bond donors (Lipinski definition) is 0. The highest BCUT2D eigenvalue weighted by molar-refractivity contribution is 5.84. The molecule has 4 aromatic carbocycles. The molecule has 4 nitrogen and oxygen atoms in total. The molecular weight excluding hydrogens is 504 g/mol. The van der Waals surface area contributed by atoms with Gasteiger partial charge in [0.05, 0.1) is 0 Å². The van der Waals surface area contributed by atoms with Crippen molar-refractivity contribution in [2.24, 2.45) is 9.98 Å². The Morgan fingerprint density at radius 3 is 1.37 bits per heavy atom. The number of ether oxygens (including phenoxy) is 2. The third-order valence-corrected chi connectivity index (χ3v) is 8.19. The summed E-state index contributed by atoms with van der Waals surface area (Å²) in [5.74, 6) is 0.755. The lowest BCUT2D eigenvalue weighted by atomic mass is 9.68. The van der Waals surface area contributed by atoms with Crippen LogP contribution >= 0.6 is 0 Å². The van der Waals surface area contributed by atoms with Crippen molar-refractivity contribution in [1.82, 2.24) is 0 Å². The summed E-state index contributed by atoms with van der Waals surface area (Å²) in [6, 6.07) is 29.0. The molecule has 0 aliphatic carbocycles. The lowest BCUT2D eigenvalue weighted by Gasteiger charge is -2.51. The van der Waals surface area contributed by atoms with Gasteiger partial charge in [0, 0.05) is 47.2 Å². The van der Waals surface area contributed by atoms with Gasteiger partial charge in [0.2, 0.25) is 0 Å². The van der Waals surface area contributed by atoms with Crippen LogP contribution in [-0.4, -0.2) is 18.2 Å². The number of rotatable bonds is 4. The maximum atomic E-state index is 7.02. The molecular formula is C37H38N2O2. The summed E-state index contributed by atoms with van der Waals surface area (Å²) in [5.41, 5.74) is 8.04. The Morgan fingerprint density at radius 2 is 0.976 bits per heavy atom. The van der Waals surface area contributed by atoms with E-state index in [1.807, 2.05) is 48.8 Å². The molecule has 0 radical (unpaired) electrons. The maximum Gasteiger partial charge on any atom is 0.253 e. The van der Waals surface area contributed by atoms with Crippen LogP contribution in [0.15, 0.2) is 94.9 Å². The summed E-state index contributed by atoms with van der Waals surface area (Å²) in [5, 5.41) is 0. The first-order chi connectivity index (χ1) is 19.5. The molecule has 0 amide bonds. The Labute approximate surface area is 243 Å². The topological polar surface area (TPSA) is 43.2 Å². The van der Waals surface area contributed by atoms with Gasteiger partial charge in [0.15, 0.2) is 11.5 Å². The average molecular weight is 543 g/mol. The van der Waals surface area contributed by atoms with Gasteiger partial charge in [-0.3, -0.25) is 9.98 Å². The van der Waals surface area contributed by atoms with Crippen LogP contribution in [0.1, 0.15) is 73.9 Å². The normalized spacial score (nSPS) is 20.4. The van der Waals surface area contributed by atoms with Crippen molar-refractivity contribution >= 4 is 23.8 Å². The highest BCUT2D eigenvalue weighted by atomic mass is 16.7. The fraction of sp³-hybridized carbons (Fsp3) is 0.297. The van der Waals surface area contributed by atoms with E-state index in [4.69, 9.17) is 19.5 Å². The molecule has 0 N–H and O–H groups in total. The fourth-order valence-corrected chi connectivity index (χ4v) is 6.42. The largest absolute Gasteiger partial charge is 0.450 e. The van der Waals surface area contributed by atoms with Crippen molar-refractivity contribution in [3.8, 4) is 11.5 Å². The number of nitrogens with zero attached hydrogens (tertiary/aromatic N) is 2. The molecule has 4 heteroatoms. The Balaban J connectivity index is 1.45. The van der Waals surface area contributed by atoms with E-state index in [0.717, 1.165) is 46.8 Å². The number of hydrogen-bond acceptors (Lipinski definition) is 4. The predicted molar refractivity (Wildman–Crippen MR) is 169 cm³/mol. The third-order valence-electron chi connectivity index (χ3n) is 8.19. The molecule has 2 aliphatic heterocycles. The van der Waals surface area contributed by atoms with Crippen LogP contribution in [0.2, 0.25) is 0 Å². The van der Waals surface area contributed by atoms with E-state index in [1.165, 1.54) is 22.3 Å². The van der Waals surface area contributed by atoms with Gasteiger partial charge in [-0.2, -0.15) is 0 Å². The highest BCUT2D eigenvalue weighted by Gasteiger charge is 2.54. The molecule has 0 unspecified atom stereocenters. The molecule has 0 saturated carbocycles. The molecule has 0 saturated heterocycles. The molecule has 0 bridgehead atoms. The van der Waals surface area contributed by atoms with Crippen LogP contribution in [0.25, 0.3) is 0 Å². The molecule has 2 aliphatic rings. The van der Waals surface area contributed by atoms with Gasteiger partial charge in [-0.05, 0) is 48.2 Å². The van der Waals surface area contributed by atoms with Gasteiger partial charge < -0.3 is 9.47 Å². The Bertz CT molecular complexity index is 1520. The molecule has 4 aromatic rings. The van der Waals surface area contributed by atoms with Gasteiger partial charge >= 0.3 is 0 Å². The summed E-state index contributed by atoms with van der Waals surface area (Å²) in [4.78, 5) is 9.88. The summed E-state index contributed by atoms with van der Waals surface area (Å²) in [6.45, 7) is 13.4. The van der Waals surface area contributed by atoms with Crippen molar-refractivity contribution in [3.05, 3.63) is 118 Å². The lowest BCUT2D eigenvalue weighted by Crippen LogP contribution is -2.55. The minimum Gasteiger partial charge on any atom is -0.450 e. The number of aryl methyl sites for hydroxylation is 2. The van der Waals surface area contributed by atoms with Crippen LogP contribution in [0, 0.1) is 13.8 Å². The van der Waals surface area contributed by atoms with Crippen molar-refractivity contribution in [1.29, 1.82) is 0 Å². The van der Waals surface area contributed by atoms with Crippen molar-refractivity contribution in [2.45, 2.75) is 71.0 Å². The van der Waals surface area contributed by atoms with E-state index in [-0.39, 0.29) is 10.8 Å². The third kappa shape index (κ3) is 5.31. The maximum absolute atomic E-state index is 7.02. The van der Waals surface area contributed by atoms with E-state index in [0.29, 0.717) is 0 Å². The molecule has 2 heterocycles. The van der Waals surface area contributed by atoms with Gasteiger partial charge in [-0.15, -0.1) is 0 Å². The van der Waals surface area contributed by atoms with E-state index in [1.54, 1.807) is 0 Å². The minimum atomic E-state index is -0.856. The molecule has 0 atom stereocenters. The van der Waals surface area contributed by atoms with E-state index >= 15 is 0 Å². The van der Waals surface area contributed by atoms with Crippen LogP contribution in [-0.2, 0) is 10.8 Å². The van der Waals surface area contributed by atoms with Gasteiger partial charge in [0.1, 0.15) is 11.4 Å². The van der Waals surface area contributed by atoms with Crippen molar-refractivity contribution in [2.75, 3.05) is 0 Å². The van der Waals surface area contributed by atoms with Crippen LogP contribution in [0.3, 0.4) is 0 Å². The zero-order chi connectivity index (χ0) is 28.8. The smallest absolute Gasteiger partial charge is 0.253 e. The summed E-state index contributed by atoms with van der Waals surface area (Å²) in [6.07, 6.45) is 5.26. The van der Waals surface area contributed by atoms with E-state index < -0.39 is 5.79 Å². The Morgan fingerprint density at radius 1 is 0.585 bits per heavy atom. The van der Waals surface area contributed by atoms with Crippen molar-refractivity contribution in [3.63, 3.8) is 0 Å².